The van der Waals surface area contributed by atoms with Gasteiger partial charge in [-0.15, -0.1) is 0 Å². The predicted molar refractivity (Wildman–Crippen MR) is 70.3 cm³/mol. The Labute approximate surface area is 107 Å². The third-order valence-corrected chi connectivity index (χ3v) is 3.38. The molecule has 4 heteroatoms. The zero-order valence-electron chi connectivity index (χ0n) is 10.6. The lowest BCUT2D eigenvalue weighted by Crippen LogP contribution is -2.42. The fourth-order valence-electron chi connectivity index (χ4n) is 2.40. The van der Waals surface area contributed by atoms with Crippen LogP contribution >= 0.6 is 0 Å². The van der Waals surface area contributed by atoms with E-state index in [0.717, 1.165) is 12.8 Å². The van der Waals surface area contributed by atoms with Crippen LogP contribution < -0.4 is 10.6 Å². The summed E-state index contributed by atoms with van der Waals surface area (Å²) in [6.07, 6.45) is 2.56. The number of aliphatic hydroxyl groups is 1. The molecule has 1 aliphatic carbocycles. The average Bonchev–Trinajstić information content (AvgIpc) is 2.73. The van der Waals surface area contributed by atoms with E-state index in [1.54, 1.807) is 0 Å². The average molecular weight is 248 g/mol. The fraction of sp³-hybridized carbons (Fsp3) is 0.500. The van der Waals surface area contributed by atoms with Crippen LogP contribution in [-0.2, 0) is 6.42 Å². The molecule has 0 radical (unpaired) electrons. The van der Waals surface area contributed by atoms with Gasteiger partial charge < -0.3 is 15.7 Å². The molecule has 0 saturated heterocycles. The maximum Gasteiger partial charge on any atom is 0.315 e. The maximum atomic E-state index is 11.8. The fourth-order valence-corrected chi connectivity index (χ4v) is 2.40. The third kappa shape index (κ3) is 3.01. The number of hydrogen-bond acceptors (Lipinski definition) is 2. The first-order valence-electron chi connectivity index (χ1n) is 6.46. The highest BCUT2D eigenvalue weighted by Crippen LogP contribution is 2.30. The number of fused-ring (bicyclic) bond motifs is 1. The zero-order valence-corrected chi connectivity index (χ0v) is 10.6. The number of rotatable bonds is 4. The van der Waals surface area contributed by atoms with Gasteiger partial charge in [0.15, 0.2) is 0 Å². The molecule has 2 rings (SSSR count). The second kappa shape index (κ2) is 5.87. The van der Waals surface area contributed by atoms with Gasteiger partial charge in [0.2, 0.25) is 0 Å². The van der Waals surface area contributed by atoms with E-state index in [9.17, 15) is 4.79 Å². The predicted octanol–water partition coefficient (Wildman–Crippen LogP) is 1.74. The monoisotopic (exact) mass is 248 g/mol. The number of aliphatic hydroxyl groups excluding tert-OH is 1. The van der Waals surface area contributed by atoms with Gasteiger partial charge >= 0.3 is 6.03 Å². The molecule has 0 spiro atoms. The van der Waals surface area contributed by atoms with Crippen LogP contribution in [0.3, 0.4) is 0 Å². The number of carbonyl (C=O) groups is 1. The molecule has 0 aliphatic heterocycles. The molecular formula is C14H20N2O2. The summed E-state index contributed by atoms with van der Waals surface area (Å²) >= 11 is 0. The maximum absolute atomic E-state index is 11.8. The lowest BCUT2D eigenvalue weighted by atomic mass is 10.1. The van der Waals surface area contributed by atoms with Gasteiger partial charge in [-0.3, -0.25) is 0 Å². The van der Waals surface area contributed by atoms with Crippen LogP contribution in [0.5, 0.6) is 0 Å². The molecule has 1 aromatic rings. The van der Waals surface area contributed by atoms with Crippen molar-refractivity contribution in [3.63, 3.8) is 0 Å². The van der Waals surface area contributed by atoms with Crippen LogP contribution in [0.15, 0.2) is 24.3 Å². The van der Waals surface area contributed by atoms with E-state index in [-0.39, 0.29) is 24.7 Å². The Bertz CT molecular complexity index is 420. The van der Waals surface area contributed by atoms with Gasteiger partial charge in [-0.25, -0.2) is 4.79 Å². The van der Waals surface area contributed by atoms with Crippen molar-refractivity contribution in [3.8, 4) is 0 Å². The van der Waals surface area contributed by atoms with Gasteiger partial charge in [-0.1, -0.05) is 24.3 Å². The number of nitrogens with one attached hydrogen (secondary N) is 2. The van der Waals surface area contributed by atoms with E-state index in [1.807, 2.05) is 19.1 Å². The molecule has 1 aromatic carbocycles. The van der Waals surface area contributed by atoms with Crippen LogP contribution in [-0.4, -0.2) is 23.8 Å². The first-order valence-corrected chi connectivity index (χ1v) is 6.46. The molecule has 2 amide bonds. The smallest absolute Gasteiger partial charge is 0.315 e. The summed E-state index contributed by atoms with van der Waals surface area (Å²) < 4.78 is 0. The molecule has 1 aliphatic rings. The van der Waals surface area contributed by atoms with Crippen molar-refractivity contribution in [2.75, 3.05) is 6.61 Å². The van der Waals surface area contributed by atoms with Gasteiger partial charge in [0.1, 0.15) is 0 Å². The van der Waals surface area contributed by atoms with Crippen molar-refractivity contribution in [3.05, 3.63) is 35.4 Å². The van der Waals surface area contributed by atoms with Gasteiger partial charge in [-0.05, 0) is 37.3 Å². The SMILES string of the molecule is C[C@H](CCO)NC(=O)NC1CCc2ccccc21. The molecule has 0 bridgehead atoms. The molecule has 0 fully saturated rings. The number of hydrogen-bond donors (Lipinski definition) is 3. The first kappa shape index (κ1) is 12.9. The van der Waals surface area contributed by atoms with Crippen molar-refractivity contribution < 1.29 is 9.90 Å². The van der Waals surface area contributed by atoms with Gasteiger partial charge in [0.05, 0.1) is 6.04 Å². The normalized spacial score (nSPS) is 19.1. The van der Waals surface area contributed by atoms with E-state index in [0.29, 0.717) is 6.42 Å². The summed E-state index contributed by atoms with van der Waals surface area (Å²) in [5, 5.41) is 14.6. The second-order valence-corrected chi connectivity index (χ2v) is 4.82. The first-order chi connectivity index (χ1) is 8.70. The van der Waals surface area contributed by atoms with Crippen LogP contribution in [0.25, 0.3) is 0 Å². The highest BCUT2D eigenvalue weighted by Gasteiger charge is 2.23. The van der Waals surface area contributed by atoms with Crippen LogP contribution in [0.1, 0.15) is 36.9 Å². The molecular weight excluding hydrogens is 228 g/mol. The van der Waals surface area contributed by atoms with Crippen molar-refractivity contribution >= 4 is 6.03 Å². The van der Waals surface area contributed by atoms with Crippen molar-refractivity contribution in [1.82, 2.24) is 10.6 Å². The Morgan fingerprint density at radius 3 is 3.06 bits per heavy atom. The number of urea groups is 1. The molecule has 0 saturated carbocycles. The Morgan fingerprint density at radius 2 is 2.28 bits per heavy atom. The molecule has 2 atom stereocenters. The van der Waals surface area contributed by atoms with Gasteiger partial charge in [-0.2, -0.15) is 0 Å². The highest BCUT2D eigenvalue weighted by molar-refractivity contribution is 5.75. The summed E-state index contributed by atoms with van der Waals surface area (Å²) in [5.74, 6) is 0. The molecule has 0 aromatic heterocycles. The van der Waals surface area contributed by atoms with Crippen molar-refractivity contribution in [2.24, 2.45) is 0 Å². The number of benzene rings is 1. The number of amides is 2. The second-order valence-electron chi connectivity index (χ2n) is 4.82. The summed E-state index contributed by atoms with van der Waals surface area (Å²) in [6.45, 7) is 1.98. The number of aryl methyl sites for hydroxylation is 1. The zero-order chi connectivity index (χ0) is 13.0. The van der Waals surface area contributed by atoms with Gasteiger partial charge in [0, 0.05) is 12.6 Å². The Kier molecular flexibility index (Phi) is 4.20. The minimum Gasteiger partial charge on any atom is -0.396 e. The molecule has 1 unspecified atom stereocenters. The Balaban J connectivity index is 1.89. The summed E-state index contributed by atoms with van der Waals surface area (Å²) in [6, 6.07) is 8.18. The van der Waals surface area contributed by atoms with Crippen LogP contribution in [0.4, 0.5) is 4.79 Å². The Morgan fingerprint density at radius 1 is 1.50 bits per heavy atom. The van der Waals surface area contributed by atoms with E-state index in [2.05, 4.69) is 22.8 Å². The van der Waals surface area contributed by atoms with Crippen molar-refractivity contribution in [1.29, 1.82) is 0 Å². The largest absolute Gasteiger partial charge is 0.396 e. The van der Waals surface area contributed by atoms with E-state index < -0.39 is 0 Å². The topological polar surface area (TPSA) is 61.4 Å². The van der Waals surface area contributed by atoms with Crippen LogP contribution in [0.2, 0.25) is 0 Å². The third-order valence-electron chi connectivity index (χ3n) is 3.38. The molecule has 18 heavy (non-hydrogen) atoms. The minimum absolute atomic E-state index is 0.00773. The lowest BCUT2D eigenvalue weighted by Gasteiger charge is -2.18. The standard InChI is InChI=1S/C14H20N2O2/c1-10(8-9-17)15-14(18)16-13-7-6-11-4-2-3-5-12(11)13/h2-5,10,13,17H,6-9H2,1H3,(H2,15,16,18)/t10-,13?/m1/s1. The molecule has 0 heterocycles. The summed E-state index contributed by atoms with van der Waals surface area (Å²) in [5.41, 5.74) is 2.55. The molecule has 4 nitrogen and oxygen atoms in total. The van der Waals surface area contributed by atoms with Crippen LogP contribution in [0, 0.1) is 0 Å². The molecule has 3 N–H and O–H groups in total. The Hall–Kier alpha value is -1.55. The highest BCUT2D eigenvalue weighted by atomic mass is 16.3. The number of carbonyl (C=O) groups excluding carboxylic acids is 1. The quantitative estimate of drug-likeness (QED) is 0.760. The van der Waals surface area contributed by atoms with Gasteiger partial charge in [0.25, 0.3) is 0 Å². The summed E-state index contributed by atoms with van der Waals surface area (Å²) in [7, 11) is 0. The van der Waals surface area contributed by atoms with E-state index in [4.69, 9.17) is 5.11 Å². The van der Waals surface area contributed by atoms with E-state index >= 15 is 0 Å². The van der Waals surface area contributed by atoms with E-state index in [1.165, 1.54) is 11.1 Å². The lowest BCUT2D eigenvalue weighted by molar-refractivity contribution is 0.227. The molecule has 98 valence electrons. The van der Waals surface area contributed by atoms with Crippen molar-refractivity contribution in [2.45, 2.75) is 38.3 Å². The minimum atomic E-state index is -0.155. The summed E-state index contributed by atoms with van der Waals surface area (Å²) in [4.78, 5) is 11.8.